The van der Waals surface area contributed by atoms with E-state index in [4.69, 9.17) is 0 Å². The number of hydrogen-bond acceptors (Lipinski definition) is 3. The Hall–Kier alpha value is -2.59. The maximum atomic E-state index is 4.48. The first-order chi connectivity index (χ1) is 13.5. The van der Waals surface area contributed by atoms with E-state index in [1.54, 1.807) is 11.8 Å². The molecule has 0 bridgehead atoms. The van der Waals surface area contributed by atoms with Crippen LogP contribution in [0.4, 0.5) is 0 Å². The van der Waals surface area contributed by atoms with Crippen molar-refractivity contribution in [2.24, 2.45) is 7.05 Å². The van der Waals surface area contributed by atoms with Crippen LogP contribution < -0.4 is 0 Å². The second-order valence-electron chi connectivity index (χ2n) is 7.44. The summed E-state index contributed by atoms with van der Waals surface area (Å²) in [6.45, 7) is 6.54. The SMILES string of the molecule is Cc1cc(C)c(CSc2nnc(Cc3cccc4ccccc34)n2C)c(C)c1. The van der Waals surface area contributed by atoms with Crippen LogP contribution in [0.15, 0.2) is 59.8 Å². The Morgan fingerprint density at radius 2 is 1.61 bits per heavy atom. The van der Waals surface area contributed by atoms with Gasteiger partial charge in [0, 0.05) is 19.2 Å². The Balaban J connectivity index is 1.55. The first kappa shape index (κ1) is 18.8. The smallest absolute Gasteiger partial charge is 0.191 e. The van der Waals surface area contributed by atoms with E-state index in [0.717, 1.165) is 23.2 Å². The van der Waals surface area contributed by atoms with E-state index in [9.17, 15) is 0 Å². The van der Waals surface area contributed by atoms with E-state index >= 15 is 0 Å². The highest BCUT2D eigenvalue weighted by molar-refractivity contribution is 7.98. The van der Waals surface area contributed by atoms with E-state index < -0.39 is 0 Å². The molecule has 4 rings (SSSR count). The van der Waals surface area contributed by atoms with Gasteiger partial charge in [0.1, 0.15) is 5.82 Å². The molecule has 0 atom stereocenters. The van der Waals surface area contributed by atoms with Crippen molar-refractivity contribution < 1.29 is 0 Å². The Morgan fingerprint density at radius 1 is 0.893 bits per heavy atom. The van der Waals surface area contributed by atoms with Gasteiger partial charge in [-0.2, -0.15) is 0 Å². The number of thioether (sulfide) groups is 1. The summed E-state index contributed by atoms with van der Waals surface area (Å²) >= 11 is 1.76. The van der Waals surface area contributed by atoms with E-state index in [1.807, 2.05) is 0 Å². The molecule has 0 N–H and O–H groups in total. The van der Waals surface area contributed by atoms with Crippen molar-refractivity contribution in [2.75, 3.05) is 0 Å². The highest BCUT2D eigenvalue weighted by Gasteiger charge is 2.13. The Morgan fingerprint density at radius 3 is 2.39 bits per heavy atom. The maximum Gasteiger partial charge on any atom is 0.191 e. The Bertz CT molecular complexity index is 1120. The summed E-state index contributed by atoms with van der Waals surface area (Å²) in [4.78, 5) is 0. The molecule has 0 amide bonds. The summed E-state index contributed by atoms with van der Waals surface area (Å²) in [6, 6.07) is 19.5. The van der Waals surface area contributed by atoms with Gasteiger partial charge in [0.2, 0.25) is 0 Å². The van der Waals surface area contributed by atoms with Gasteiger partial charge >= 0.3 is 0 Å². The molecule has 4 aromatic rings. The van der Waals surface area contributed by atoms with Gasteiger partial charge in [-0.15, -0.1) is 10.2 Å². The third-order valence-electron chi connectivity index (χ3n) is 5.34. The van der Waals surface area contributed by atoms with Crippen LogP contribution in [-0.2, 0) is 19.2 Å². The van der Waals surface area contributed by atoms with E-state index in [2.05, 4.69) is 97.2 Å². The van der Waals surface area contributed by atoms with Crippen LogP contribution in [0.25, 0.3) is 10.8 Å². The lowest BCUT2D eigenvalue weighted by molar-refractivity contribution is 0.749. The molecule has 0 spiro atoms. The number of aromatic nitrogens is 3. The second-order valence-corrected chi connectivity index (χ2v) is 8.38. The van der Waals surface area contributed by atoms with Crippen LogP contribution in [0.2, 0.25) is 0 Å². The van der Waals surface area contributed by atoms with Crippen molar-refractivity contribution in [3.8, 4) is 0 Å². The van der Waals surface area contributed by atoms with Crippen LogP contribution in [-0.4, -0.2) is 14.8 Å². The normalized spacial score (nSPS) is 11.3. The molecule has 0 aliphatic carbocycles. The molecule has 0 aliphatic heterocycles. The zero-order chi connectivity index (χ0) is 19.7. The molecule has 0 saturated heterocycles. The number of hydrogen-bond donors (Lipinski definition) is 0. The average Bonchev–Trinajstić information content (AvgIpc) is 3.01. The van der Waals surface area contributed by atoms with Gasteiger partial charge in [-0.1, -0.05) is 71.9 Å². The van der Waals surface area contributed by atoms with E-state index in [0.29, 0.717) is 0 Å². The maximum absolute atomic E-state index is 4.48. The fourth-order valence-corrected chi connectivity index (χ4v) is 4.94. The van der Waals surface area contributed by atoms with Crippen LogP contribution in [0.3, 0.4) is 0 Å². The minimum atomic E-state index is 0.786. The standard InChI is InChI=1S/C24H25N3S/c1-16-12-17(2)22(18(3)13-16)15-28-24-26-25-23(27(24)4)14-20-10-7-9-19-8-5-6-11-21(19)20/h5-13H,14-15H2,1-4H3. The summed E-state index contributed by atoms with van der Waals surface area (Å²) in [5.74, 6) is 1.91. The summed E-state index contributed by atoms with van der Waals surface area (Å²) in [5, 5.41) is 12.5. The lowest BCUT2D eigenvalue weighted by Gasteiger charge is -2.11. The number of benzene rings is 3. The topological polar surface area (TPSA) is 30.7 Å². The van der Waals surface area contributed by atoms with Crippen molar-refractivity contribution in [2.45, 2.75) is 38.1 Å². The van der Waals surface area contributed by atoms with Crippen LogP contribution in [0.5, 0.6) is 0 Å². The molecule has 0 saturated carbocycles. The summed E-state index contributed by atoms with van der Waals surface area (Å²) in [5.41, 5.74) is 6.70. The van der Waals surface area contributed by atoms with Gasteiger partial charge in [-0.25, -0.2) is 0 Å². The molecule has 0 unspecified atom stereocenters. The average molecular weight is 388 g/mol. The van der Waals surface area contributed by atoms with Gasteiger partial charge in [-0.05, 0) is 53.8 Å². The summed E-state index contributed by atoms with van der Waals surface area (Å²) < 4.78 is 2.13. The molecule has 0 aliphatic rings. The first-order valence-corrected chi connectivity index (χ1v) is 10.6. The van der Waals surface area contributed by atoms with Crippen LogP contribution in [0, 0.1) is 20.8 Å². The largest absolute Gasteiger partial charge is 0.309 e. The minimum Gasteiger partial charge on any atom is -0.309 e. The van der Waals surface area contributed by atoms with Gasteiger partial charge in [0.15, 0.2) is 5.16 Å². The van der Waals surface area contributed by atoms with Crippen LogP contribution in [0.1, 0.15) is 33.6 Å². The predicted molar refractivity (Wildman–Crippen MR) is 118 cm³/mol. The predicted octanol–water partition coefficient (Wildman–Crippen LogP) is 5.78. The molecule has 3 aromatic carbocycles. The number of rotatable bonds is 5. The van der Waals surface area contributed by atoms with Gasteiger partial charge in [0.25, 0.3) is 0 Å². The number of nitrogens with zero attached hydrogens (tertiary/aromatic N) is 3. The van der Waals surface area contributed by atoms with Crippen molar-refractivity contribution in [1.82, 2.24) is 14.8 Å². The zero-order valence-corrected chi connectivity index (χ0v) is 17.7. The molecule has 0 fully saturated rings. The third kappa shape index (κ3) is 3.69. The fraction of sp³-hybridized carbons (Fsp3) is 0.250. The second kappa shape index (κ2) is 7.80. The molecule has 28 heavy (non-hydrogen) atoms. The molecule has 4 heteroatoms. The van der Waals surface area contributed by atoms with Crippen molar-refractivity contribution in [3.05, 3.63) is 88.2 Å². The molecular weight excluding hydrogens is 362 g/mol. The highest BCUT2D eigenvalue weighted by atomic mass is 32.2. The summed E-state index contributed by atoms with van der Waals surface area (Å²) in [6.07, 6.45) is 0.786. The van der Waals surface area contributed by atoms with Gasteiger partial charge < -0.3 is 4.57 Å². The molecule has 142 valence electrons. The lowest BCUT2D eigenvalue weighted by atomic mass is 10.0. The Labute approximate surface area is 170 Å². The number of aryl methyl sites for hydroxylation is 3. The van der Waals surface area contributed by atoms with Crippen molar-refractivity contribution in [1.29, 1.82) is 0 Å². The van der Waals surface area contributed by atoms with Crippen molar-refractivity contribution >= 4 is 22.5 Å². The van der Waals surface area contributed by atoms with E-state index in [1.165, 1.54) is 38.6 Å². The zero-order valence-electron chi connectivity index (χ0n) is 16.9. The molecule has 0 radical (unpaired) electrons. The van der Waals surface area contributed by atoms with Crippen LogP contribution >= 0.6 is 11.8 Å². The van der Waals surface area contributed by atoms with E-state index in [-0.39, 0.29) is 0 Å². The fourth-order valence-electron chi connectivity index (χ4n) is 3.82. The quantitative estimate of drug-likeness (QED) is 0.407. The van der Waals surface area contributed by atoms with Gasteiger partial charge in [-0.3, -0.25) is 0 Å². The molecular formula is C24H25N3S. The minimum absolute atomic E-state index is 0.786. The molecule has 3 nitrogen and oxygen atoms in total. The third-order valence-corrected chi connectivity index (χ3v) is 6.39. The summed E-state index contributed by atoms with van der Waals surface area (Å²) in [7, 11) is 2.07. The first-order valence-electron chi connectivity index (χ1n) is 9.57. The highest BCUT2D eigenvalue weighted by Crippen LogP contribution is 2.27. The molecule has 1 heterocycles. The monoisotopic (exact) mass is 387 g/mol. The Kier molecular flexibility index (Phi) is 5.23. The number of fused-ring (bicyclic) bond motifs is 1. The van der Waals surface area contributed by atoms with Crippen molar-refractivity contribution in [3.63, 3.8) is 0 Å². The lowest BCUT2D eigenvalue weighted by Crippen LogP contribution is -2.01. The molecule has 1 aromatic heterocycles. The van der Waals surface area contributed by atoms with Gasteiger partial charge in [0.05, 0.1) is 0 Å².